The predicted molar refractivity (Wildman–Crippen MR) is 98.1 cm³/mol. The first-order valence-corrected chi connectivity index (χ1v) is 8.84. The Hall–Kier alpha value is -3.33. The number of carbonyl (C=O) groups is 1. The molecule has 3 aromatic rings. The first kappa shape index (κ1) is 18.1. The highest BCUT2D eigenvalue weighted by Gasteiger charge is 2.18. The Kier molecular flexibility index (Phi) is 5.24. The standard InChI is InChI=1S/C19H18FN5O3/c20-16-12-21-17(23-18(16)25-5-8-27-9-6-25)13-2-1-3-14(10-13)19(26)22-11-15-4-7-28-24-15/h1-4,7,10,12H,5-6,8-9,11H2,(H,22,26). The van der Waals surface area contributed by atoms with E-state index in [-0.39, 0.29) is 18.3 Å². The summed E-state index contributed by atoms with van der Waals surface area (Å²) in [7, 11) is 0. The molecule has 8 nitrogen and oxygen atoms in total. The third kappa shape index (κ3) is 3.99. The molecule has 0 aliphatic carbocycles. The minimum absolute atomic E-state index is 0.245. The molecule has 1 aromatic carbocycles. The van der Waals surface area contributed by atoms with Crippen LogP contribution in [0.2, 0.25) is 0 Å². The molecule has 0 spiro atoms. The average molecular weight is 383 g/mol. The van der Waals surface area contributed by atoms with E-state index in [2.05, 4.69) is 20.4 Å². The normalized spacial score (nSPS) is 14.1. The van der Waals surface area contributed by atoms with Crippen LogP contribution in [0, 0.1) is 5.82 Å². The first-order chi connectivity index (χ1) is 13.7. The van der Waals surface area contributed by atoms with E-state index < -0.39 is 5.82 Å². The average Bonchev–Trinajstić information content (AvgIpc) is 3.27. The fourth-order valence-corrected chi connectivity index (χ4v) is 2.90. The van der Waals surface area contributed by atoms with Crippen LogP contribution >= 0.6 is 0 Å². The molecule has 144 valence electrons. The van der Waals surface area contributed by atoms with Crippen molar-refractivity contribution in [2.45, 2.75) is 6.54 Å². The number of morpholine rings is 1. The van der Waals surface area contributed by atoms with Crippen molar-refractivity contribution in [3.63, 3.8) is 0 Å². The molecule has 28 heavy (non-hydrogen) atoms. The molecule has 0 radical (unpaired) electrons. The van der Waals surface area contributed by atoms with E-state index in [0.717, 1.165) is 6.20 Å². The summed E-state index contributed by atoms with van der Waals surface area (Å²) < 4.78 is 24.3. The highest BCUT2D eigenvalue weighted by Crippen LogP contribution is 2.23. The minimum atomic E-state index is -0.479. The topological polar surface area (TPSA) is 93.4 Å². The lowest BCUT2D eigenvalue weighted by atomic mass is 10.1. The Morgan fingerprint density at radius 1 is 1.25 bits per heavy atom. The number of hydrogen-bond acceptors (Lipinski definition) is 7. The Balaban J connectivity index is 1.54. The van der Waals surface area contributed by atoms with Crippen LogP contribution in [0.25, 0.3) is 11.4 Å². The fourth-order valence-electron chi connectivity index (χ4n) is 2.90. The van der Waals surface area contributed by atoms with E-state index in [1.807, 2.05) is 4.90 Å². The quantitative estimate of drug-likeness (QED) is 0.721. The van der Waals surface area contributed by atoms with Crippen LogP contribution in [-0.2, 0) is 11.3 Å². The second-order valence-corrected chi connectivity index (χ2v) is 6.22. The number of anilines is 1. The molecule has 0 atom stereocenters. The summed E-state index contributed by atoms with van der Waals surface area (Å²) in [4.78, 5) is 22.7. The van der Waals surface area contributed by atoms with Gasteiger partial charge in [0.1, 0.15) is 12.0 Å². The van der Waals surface area contributed by atoms with Crippen molar-refractivity contribution in [2.24, 2.45) is 0 Å². The SMILES string of the molecule is O=C(NCc1ccon1)c1cccc(-c2ncc(F)c(N3CCOCC3)n2)c1. The maximum absolute atomic E-state index is 14.2. The molecule has 0 bridgehead atoms. The Labute approximate surface area is 160 Å². The maximum atomic E-state index is 14.2. The summed E-state index contributed by atoms with van der Waals surface area (Å²) in [5.74, 6) is -0.143. The van der Waals surface area contributed by atoms with Gasteiger partial charge in [-0.1, -0.05) is 17.3 Å². The van der Waals surface area contributed by atoms with Crippen LogP contribution in [0.4, 0.5) is 10.2 Å². The summed E-state index contributed by atoms with van der Waals surface area (Å²) in [6.07, 6.45) is 2.60. The monoisotopic (exact) mass is 383 g/mol. The summed E-state index contributed by atoms with van der Waals surface area (Å²) in [5.41, 5.74) is 1.70. The molecule has 1 fully saturated rings. The molecule has 1 saturated heterocycles. The molecular formula is C19H18FN5O3. The molecule has 1 N–H and O–H groups in total. The number of carbonyl (C=O) groups excluding carboxylic acids is 1. The second kappa shape index (κ2) is 8.13. The number of hydrogen-bond donors (Lipinski definition) is 1. The van der Waals surface area contributed by atoms with Crippen LogP contribution in [0.1, 0.15) is 16.1 Å². The highest BCUT2D eigenvalue weighted by molar-refractivity contribution is 5.95. The van der Waals surface area contributed by atoms with Crippen molar-refractivity contribution in [3.05, 3.63) is 59.9 Å². The molecule has 0 saturated carbocycles. The van der Waals surface area contributed by atoms with Gasteiger partial charge < -0.3 is 19.5 Å². The van der Waals surface area contributed by atoms with Crippen molar-refractivity contribution in [1.29, 1.82) is 0 Å². The van der Waals surface area contributed by atoms with Gasteiger partial charge in [0.15, 0.2) is 17.5 Å². The molecule has 3 heterocycles. The molecule has 0 unspecified atom stereocenters. The van der Waals surface area contributed by atoms with Gasteiger partial charge in [-0.3, -0.25) is 4.79 Å². The number of benzene rings is 1. The highest BCUT2D eigenvalue weighted by atomic mass is 19.1. The molecule has 9 heteroatoms. The maximum Gasteiger partial charge on any atom is 0.251 e. The molecule has 2 aromatic heterocycles. The summed E-state index contributed by atoms with van der Waals surface area (Å²) in [6, 6.07) is 8.56. The van der Waals surface area contributed by atoms with Crippen molar-refractivity contribution in [2.75, 3.05) is 31.2 Å². The van der Waals surface area contributed by atoms with Gasteiger partial charge in [0.25, 0.3) is 5.91 Å². The lowest BCUT2D eigenvalue weighted by Gasteiger charge is -2.28. The number of nitrogens with zero attached hydrogens (tertiary/aromatic N) is 4. The minimum Gasteiger partial charge on any atom is -0.378 e. The number of amides is 1. The van der Waals surface area contributed by atoms with Gasteiger partial charge in [-0.2, -0.15) is 0 Å². The van der Waals surface area contributed by atoms with Gasteiger partial charge in [0, 0.05) is 30.3 Å². The van der Waals surface area contributed by atoms with Gasteiger partial charge in [0.2, 0.25) is 0 Å². The Morgan fingerprint density at radius 3 is 2.89 bits per heavy atom. The summed E-state index contributed by atoms with van der Waals surface area (Å²) in [6.45, 7) is 2.45. The molecule has 1 aliphatic heterocycles. The lowest BCUT2D eigenvalue weighted by molar-refractivity contribution is 0.0950. The van der Waals surface area contributed by atoms with Crippen molar-refractivity contribution in [1.82, 2.24) is 20.4 Å². The largest absolute Gasteiger partial charge is 0.378 e. The Bertz CT molecular complexity index is 958. The number of rotatable bonds is 5. The van der Waals surface area contributed by atoms with Gasteiger partial charge in [-0.15, -0.1) is 0 Å². The number of aromatic nitrogens is 3. The number of halogens is 1. The van der Waals surface area contributed by atoms with Gasteiger partial charge in [0.05, 0.1) is 26.0 Å². The number of ether oxygens (including phenoxy) is 1. The van der Waals surface area contributed by atoms with E-state index in [0.29, 0.717) is 48.9 Å². The van der Waals surface area contributed by atoms with E-state index in [1.165, 1.54) is 6.26 Å². The van der Waals surface area contributed by atoms with Crippen molar-refractivity contribution < 1.29 is 18.4 Å². The fraction of sp³-hybridized carbons (Fsp3) is 0.263. The van der Waals surface area contributed by atoms with Crippen LogP contribution in [0.15, 0.2) is 47.3 Å². The van der Waals surface area contributed by atoms with Crippen LogP contribution in [0.3, 0.4) is 0 Å². The predicted octanol–water partition coefficient (Wildman–Crippen LogP) is 2.04. The number of nitrogens with one attached hydrogen (secondary N) is 1. The molecule has 1 aliphatic rings. The van der Waals surface area contributed by atoms with Gasteiger partial charge in [-0.25, -0.2) is 14.4 Å². The second-order valence-electron chi connectivity index (χ2n) is 6.22. The zero-order chi connectivity index (χ0) is 19.3. The first-order valence-electron chi connectivity index (χ1n) is 8.84. The lowest BCUT2D eigenvalue weighted by Crippen LogP contribution is -2.37. The van der Waals surface area contributed by atoms with Crippen molar-refractivity contribution in [3.8, 4) is 11.4 Å². The molecular weight excluding hydrogens is 365 g/mol. The third-order valence-electron chi connectivity index (χ3n) is 4.34. The van der Waals surface area contributed by atoms with Crippen LogP contribution in [0.5, 0.6) is 0 Å². The van der Waals surface area contributed by atoms with Crippen LogP contribution < -0.4 is 10.2 Å². The van der Waals surface area contributed by atoms with Gasteiger partial charge >= 0.3 is 0 Å². The smallest absolute Gasteiger partial charge is 0.251 e. The Morgan fingerprint density at radius 2 is 2.11 bits per heavy atom. The zero-order valence-electron chi connectivity index (χ0n) is 15.0. The summed E-state index contributed by atoms with van der Waals surface area (Å²) >= 11 is 0. The van der Waals surface area contributed by atoms with Crippen LogP contribution in [-0.4, -0.2) is 47.3 Å². The zero-order valence-corrected chi connectivity index (χ0v) is 15.0. The van der Waals surface area contributed by atoms with E-state index in [1.54, 1.807) is 30.3 Å². The van der Waals surface area contributed by atoms with E-state index >= 15 is 0 Å². The third-order valence-corrected chi connectivity index (χ3v) is 4.34. The van der Waals surface area contributed by atoms with Gasteiger partial charge in [-0.05, 0) is 12.1 Å². The molecule has 4 rings (SSSR count). The summed E-state index contributed by atoms with van der Waals surface area (Å²) in [5, 5.41) is 6.52. The van der Waals surface area contributed by atoms with E-state index in [9.17, 15) is 9.18 Å². The van der Waals surface area contributed by atoms with E-state index in [4.69, 9.17) is 9.26 Å². The molecule has 1 amide bonds. The van der Waals surface area contributed by atoms with Crippen molar-refractivity contribution >= 4 is 11.7 Å².